The Balaban J connectivity index is 1.45. The number of rotatable bonds is 7. The lowest BCUT2D eigenvalue weighted by molar-refractivity contribution is -0.118. The van der Waals surface area contributed by atoms with E-state index in [9.17, 15) is 14.4 Å². The van der Waals surface area contributed by atoms with E-state index >= 15 is 0 Å². The molecule has 0 radical (unpaired) electrons. The Morgan fingerprint density at radius 1 is 0.886 bits per heavy atom. The van der Waals surface area contributed by atoms with E-state index in [2.05, 4.69) is 10.6 Å². The molecule has 0 spiro atoms. The highest BCUT2D eigenvalue weighted by molar-refractivity contribution is 6.05. The van der Waals surface area contributed by atoms with Gasteiger partial charge in [0.15, 0.2) is 6.61 Å². The normalized spacial score (nSPS) is 10.6. The summed E-state index contributed by atoms with van der Waals surface area (Å²) in [4.78, 5) is 38.3. The molecule has 4 rings (SSSR count). The SMILES string of the molecule is Cc1ccc(OCC(=O)Nc2cccc(C(=O)Nc3c(C)n(C)n(-c4ccccc4)c3=O)c2)cc1. The molecular formula is C27H26N4O4. The van der Waals surface area contributed by atoms with E-state index in [1.54, 1.807) is 55.1 Å². The minimum Gasteiger partial charge on any atom is -0.484 e. The second-order valence-corrected chi connectivity index (χ2v) is 8.12. The van der Waals surface area contributed by atoms with Crippen LogP contribution in [0.4, 0.5) is 11.4 Å². The van der Waals surface area contributed by atoms with Crippen LogP contribution < -0.4 is 20.9 Å². The minimum atomic E-state index is -0.456. The van der Waals surface area contributed by atoms with Gasteiger partial charge in [-0.05, 0) is 56.3 Å². The molecule has 178 valence electrons. The van der Waals surface area contributed by atoms with Crippen LogP contribution in [0.2, 0.25) is 0 Å². The van der Waals surface area contributed by atoms with Crippen molar-refractivity contribution in [2.75, 3.05) is 17.2 Å². The third-order valence-corrected chi connectivity index (χ3v) is 5.59. The van der Waals surface area contributed by atoms with Crippen LogP contribution in [0.5, 0.6) is 5.75 Å². The van der Waals surface area contributed by atoms with Gasteiger partial charge in [0.05, 0.1) is 11.4 Å². The van der Waals surface area contributed by atoms with Crippen molar-refractivity contribution in [1.82, 2.24) is 9.36 Å². The summed E-state index contributed by atoms with van der Waals surface area (Å²) in [7, 11) is 1.76. The highest BCUT2D eigenvalue weighted by Gasteiger charge is 2.19. The largest absolute Gasteiger partial charge is 0.484 e. The lowest BCUT2D eigenvalue weighted by Gasteiger charge is -2.09. The van der Waals surface area contributed by atoms with E-state index < -0.39 is 5.91 Å². The molecule has 8 nitrogen and oxygen atoms in total. The Labute approximate surface area is 202 Å². The molecule has 0 aliphatic rings. The molecule has 0 atom stereocenters. The predicted octanol–water partition coefficient (Wildman–Crippen LogP) is 4.06. The minimum absolute atomic E-state index is 0.165. The highest BCUT2D eigenvalue weighted by atomic mass is 16.5. The zero-order valence-electron chi connectivity index (χ0n) is 19.7. The third-order valence-electron chi connectivity index (χ3n) is 5.59. The quantitative estimate of drug-likeness (QED) is 0.426. The smallest absolute Gasteiger partial charge is 0.295 e. The van der Waals surface area contributed by atoms with Gasteiger partial charge in [0.25, 0.3) is 17.4 Å². The van der Waals surface area contributed by atoms with Crippen LogP contribution in [-0.2, 0) is 11.8 Å². The molecule has 0 saturated carbocycles. The van der Waals surface area contributed by atoms with Gasteiger partial charge in [0, 0.05) is 18.3 Å². The van der Waals surface area contributed by atoms with Gasteiger partial charge in [0.2, 0.25) is 0 Å². The zero-order valence-corrected chi connectivity index (χ0v) is 19.7. The zero-order chi connectivity index (χ0) is 24.9. The van der Waals surface area contributed by atoms with Gasteiger partial charge in [-0.2, -0.15) is 0 Å². The molecule has 0 unspecified atom stereocenters. The van der Waals surface area contributed by atoms with Crippen LogP contribution in [-0.4, -0.2) is 27.8 Å². The van der Waals surface area contributed by atoms with Crippen LogP contribution in [0, 0.1) is 13.8 Å². The van der Waals surface area contributed by atoms with Gasteiger partial charge in [-0.1, -0.05) is 42.0 Å². The fourth-order valence-electron chi connectivity index (χ4n) is 3.62. The summed E-state index contributed by atoms with van der Waals surface area (Å²) in [6, 6.07) is 23.1. The van der Waals surface area contributed by atoms with Crippen molar-refractivity contribution in [2.24, 2.45) is 7.05 Å². The molecule has 3 aromatic carbocycles. The first-order valence-electron chi connectivity index (χ1n) is 11.1. The van der Waals surface area contributed by atoms with Gasteiger partial charge >= 0.3 is 0 Å². The van der Waals surface area contributed by atoms with E-state index in [4.69, 9.17) is 4.74 Å². The number of para-hydroxylation sites is 1. The van der Waals surface area contributed by atoms with Crippen molar-refractivity contribution < 1.29 is 14.3 Å². The lowest BCUT2D eigenvalue weighted by atomic mass is 10.2. The number of hydrogen-bond acceptors (Lipinski definition) is 4. The number of aromatic nitrogens is 2. The number of ether oxygens (including phenoxy) is 1. The molecule has 8 heteroatoms. The number of carbonyl (C=O) groups is 2. The molecule has 0 aliphatic heterocycles. The number of nitrogens with zero attached hydrogens (tertiary/aromatic N) is 2. The van der Waals surface area contributed by atoms with E-state index in [1.165, 1.54) is 4.68 Å². The molecule has 1 heterocycles. The number of hydrogen-bond donors (Lipinski definition) is 2. The molecule has 0 aliphatic carbocycles. The number of benzene rings is 3. The average Bonchev–Trinajstić information content (AvgIpc) is 3.07. The molecule has 2 amide bonds. The first-order valence-corrected chi connectivity index (χ1v) is 11.1. The lowest BCUT2D eigenvalue weighted by Crippen LogP contribution is -2.23. The molecule has 4 aromatic rings. The van der Waals surface area contributed by atoms with E-state index in [0.29, 0.717) is 28.4 Å². The summed E-state index contributed by atoms with van der Waals surface area (Å²) >= 11 is 0. The summed E-state index contributed by atoms with van der Waals surface area (Å²) in [6.45, 7) is 3.57. The van der Waals surface area contributed by atoms with Crippen molar-refractivity contribution in [2.45, 2.75) is 13.8 Å². The van der Waals surface area contributed by atoms with Crippen molar-refractivity contribution in [3.63, 3.8) is 0 Å². The second kappa shape index (κ2) is 10.1. The van der Waals surface area contributed by atoms with Crippen molar-refractivity contribution in [3.8, 4) is 11.4 Å². The number of amides is 2. The highest BCUT2D eigenvalue weighted by Crippen LogP contribution is 2.17. The number of anilines is 2. The van der Waals surface area contributed by atoms with E-state index in [-0.39, 0.29) is 23.8 Å². The Hall–Kier alpha value is -4.59. The van der Waals surface area contributed by atoms with Gasteiger partial charge < -0.3 is 15.4 Å². The van der Waals surface area contributed by atoms with Gasteiger partial charge in [-0.25, -0.2) is 4.68 Å². The average molecular weight is 471 g/mol. The number of nitrogens with one attached hydrogen (secondary N) is 2. The van der Waals surface area contributed by atoms with E-state index in [1.807, 2.05) is 49.4 Å². The van der Waals surface area contributed by atoms with Crippen LogP contribution >= 0.6 is 0 Å². The molecule has 0 bridgehead atoms. The van der Waals surface area contributed by atoms with Gasteiger partial charge in [-0.15, -0.1) is 0 Å². The van der Waals surface area contributed by atoms with Crippen LogP contribution in [0.1, 0.15) is 21.6 Å². The standard InChI is InChI=1S/C27H26N4O4/c1-18-12-14-23(15-13-18)35-17-24(32)28-21-9-7-8-20(16-21)26(33)29-25-19(2)30(3)31(27(25)34)22-10-5-4-6-11-22/h4-16H,17H2,1-3H3,(H,28,32)(H,29,33). The summed E-state index contributed by atoms with van der Waals surface area (Å²) in [5, 5.41) is 5.45. The maximum Gasteiger partial charge on any atom is 0.295 e. The monoisotopic (exact) mass is 470 g/mol. The summed E-state index contributed by atoms with van der Waals surface area (Å²) in [5.74, 6) is -0.214. The topological polar surface area (TPSA) is 94.4 Å². The molecule has 35 heavy (non-hydrogen) atoms. The van der Waals surface area contributed by atoms with Crippen LogP contribution in [0.25, 0.3) is 5.69 Å². The van der Waals surface area contributed by atoms with Crippen molar-refractivity contribution in [3.05, 3.63) is 106 Å². The van der Waals surface area contributed by atoms with Gasteiger partial charge in [-0.3, -0.25) is 19.1 Å². The fraction of sp³-hybridized carbons (Fsp3) is 0.148. The molecule has 0 fully saturated rings. The number of carbonyl (C=O) groups excluding carboxylic acids is 2. The van der Waals surface area contributed by atoms with Crippen molar-refractivity contribution in [1.29, 1.82) is 0 Å². The Bertz CT molecular complexity index is 1420. The fourth-order valence-corrected chi connectivity index (χ4v) is 3.62. The maximum absolute atomic E-state index is 13.1. The maximum atomic E-state index is 13.1. The predicted molar refractivity (Wildman–Crippen MR) is 135 cm³/mol. The van der Waals surface area contributed by atoms with Crippen LogP contribution in [0.3, 0.4) is 0 Å². The third kappa shape index (κ3) is 5.33. The summed E-state index contributed by atoms with van der Waals surface area (Å²) in [5.41, 5.74) is 3.02. The Morgan fingerprint density at radius 2 is 1.60 bits per heavy atom. The Kier molecular flexibility index (Phi) is 6.82. The van der Waals surface area contributed by atoms with E-state index in [0.717, 1.165) is 5.56 Å². The molecule has 1 aromatic heterocycles. The van der Waals surface area contributed by atoms with Crippen molar-refractivity contribution >= 4 is 23.2 Å². The molecule has 2 N–H and O–H groups in total. The summed E-state index contributed by atoms with van der Waals surface area (Å²) in [6.07, 6.45) is 0. The summed E-state index contributed by atoms with van der Waals surface area (Å²) < 4.78 is 8.69. The first-order chi connectivity index (χ1) is 16.8. The molecule has 0 saturated heterocycles. The molecular weight excluding hydrogens is 444 g/mol. The Morgan fingerprint density at radius 3 is 2.31 bits per heavy atom. The first kappa shape index (κ1) is 23.6. The number of aryl methyl sites for hydroxylation is 1. The van der Waals surface area contributed by atoms with Gasteiger partial charge in [0.1, 0.15) is 11.4 Å². The van der Waals surface area contributed by atoms with Crippen LogP contribution in [0.15, 0.2) is 83.7 Å². The second-order valence-electron chi connectivity index (χ2n) is 8.12.